The predicted molar refractivity (Wildman–Crippen MR) is 53.6 cm³/mol. The molecule has 0 aromatic heterocycles. The summed E-state index contributed by atoms with van der Waals surface area (Å²) in [5.74, 6) is 0.436. The molecule has 4 heteroatoms. The van der Waals surface area contributed by atoms with Gasteiger partial charge < -0.3 is 9.80 Å². The molecule has 1 heterocycles. The summed E-state index contributed by atoms with van der Waals surface area (Å²) in [7, 11) is 3.79. The molecule has 1 aliphatic rings. The quantitative estimate of drug-likeness (QED) is 0.361. The van der Waals surface area contributed by atoms with Gasteiger partial charge in [-0.25, -0.2) is 0 Å². The number of hydrogen-bond donors (Lipinski definition) is 0. The van der Waals surface area contributed by atoms with E-state index >= 15 is 0 Å². The van der Waals surface area contributed by atoms with Gasteiger partial charge in [0, 0.05) is 27.2 Å². The Hall–Kier alpha value is -1.32. The van der Waals surface area contributed by atoms with Crippen molar-refractivity contribution in [2.75, 3.05) is 27.2 Å². The lowest BCUT2D eigenvalue weighted by atomic mass is 10.1. The Labute approximate surface area is 84.2 Å². The van der Waals surface area contributed by atoms with Crippen molar-refractivity contribution in [2.24, 2.45) is 0 Å². The third kappa shape index (κ3) is 1.78. The Morgan fingerprint density at radius 1 is 1.00 bits per heavy atom. The van der Waals surface area contributed by atoms with Crippen molar-refractivity contribution in [2.45, 2.75) is 13.8 Å². The lowest BCUT2D eigenvalue weighted by Crippen LogP contribution is -2.24. The molecular formula is C10H16N2O2. The molecule has 0 N–H and O–H groups in total. The van der Waals surface area contributed by atoms with Gasteiger partial charge in [-0.1, -0.05) is 0 Å². The van der Waals surface area contributed by atoms with Crippen LogP contribution in [0.3, 0.4) is 0 Å². The molecule has 0 radical (unpaired) electrons. The van der Waals surface area contributed by atoms with E-state index in [2.05, 4.69) is 0 Å². The lowest BCUT2D eigenvalue weighted by molar-refractivity contribution is -0.119. The highest BCUT2D eigenvalue weighted by molar-refractivity contribution is 6.18. The maximum absolute atomic E-state index is 11.3. The van der Waals surface area contributed by atoms with Crippen LogP contribution >= 0.6 is 0 Å². The fourth-order valence-corrected chi connectivity index (χ4v) is 1.75. The molecule has 0 saturated carbocycles. The van der Waals surface area contributed by atoms with Crippen molar-refractivity contribution in [3.8, 4) is 0 Å². The third-order valence-electron chi connectivity index (χ3n) is 2.42. The molecule has 0 unspecified atom stereocenters. The van der Waals surface area contributed by atoms with Gasteiger partial charge in [-0.2, -0.15) is 0 Å². The van der Waals surface area contributed by atoms with Crippen LogP contribution in [0.15, 0.2) is 11.4 Å². The van der Waals surface area contributed by atoms with Crippen molar-refractivity contribution in [1.82, 2.24) is 9.80 Å². The van der Waals surface area contributed by atoms with Gasteiger partial charge in [-0.05, 0) is 13.8 Å². The average Bonchev–Trinajstić information content (AvgIpc) is 2.34. The molecule has 4 nitrogen and oxygen atoms in total. The topological polar surface area (TPSA) is 40.6 Å². The Morgan fingerprint density at radius 3 is 1.64 bits per heavy atom. The van der Waals surface area contributed by atoms with E-state index in [1.165, 1.54) is 13.8 Å². The van der Waals surface area contributed by atoms with Crippen molar-refractivity contribution in [3.05, 3.63) is 11.4 Å². The molecule has 0 aromatic rings. The zero-order valence-electron chi connectivity index (χ0n) is 9.13. The number of carbonyl (C=O) groups excluding carboxylic acids is 2. The molecule has 0 spiro atoms. The molecule has 0 aromatic carbocycles. The largest absolute Gasteiger partial charge is 0.359 e. The molecule has 0 bridgehead atoms. The van der Waals surface area contributed by atoms with E-state index in [1.54, 1.807) is 0 Å². The molecule has 0 amide bonds. The second-order valence-corrected chi connectivity index (χ2v) is 3.65. The van der Waals surface area contributed by atoms with Gasteiger partial charge in [-0.3, -0.25) is 9.59 Å². The summed E-state index contributed by atoms with van der Waals surface area (Å²) in [4.78, 5) is 26.5. The van der Waals surface area contributed by atoms with Gasteiger partial charge >= 0.3 is 0 Å². The van der Waals surface area contributed by atoms with E-state index in [-0.39, 0.29) is 11.6 Å². The summed E-state index contributed by atoms with van der Waals surface area (Å²) in [6.45, 7) is 4.58. The fraction of sp³-hybridized carbons (Fsp3) is 0.600. The van der Waals surface area contributed by atoms with Crippen LogP contribution < -0.4 is 0 Å². The molecule has 1 aliphatic heterocycles. The van der Waals surface area contributed by atoms with Crippen LogP contribution in [0.1, 0.15) is 13.8 Å². The van der Waals surface area contributed by atoms with Crippen molar-refractivity contribution < 1.29 is 9.59 Å². The zero-order valence-corrected chi connectivity index (χ0v) is 9.13. The predicted octanol–water partition coefficient (Wildman–Crippen LogP) is 0.253. The Kier molecular flexibility index (Phi) is 2.93. The first kappa shape index (κ1) is 10.8. The Morgan fingerprint density at radius 2 is 1.36 bits per heavy atom. The van der Waals surface area contributed by atoms with Gasteiger partial charge in [0.1, 0.15) is 11.4 Å². The van der Waals surface area contributed by atoms with Crippen LogP contribution in [0.4, 0.5) is 0 Å². The first-order valence-corrected chi connectivity index (χ1v) is 4.63. The highest BCUT2D eigenvalue weighted by Gasteiger charge is 2.26. The summed E-state index contributed by atoms with van der Waals surface area (Å²) >= 11 is 0. The number of ketones is 2. The first-order chi connectivity index (χ1) is 6.45. The average molecular weight is 196 g/mol. The number of allylic oxidation sites excluding steroid dienone is 1. The van der Waals surface area contributed by atoms with Gasteiger partial charge in [0.2, 0.25) is 0 Å². The van der Waals surface area contributed by atoms with Crippen LogP contribution in [0, 0.1) is 0 Å². The van der Waals surface area contributed by atoms with E-state index < -0.39 is 0 Å². The van der Waals surface area contributed by atoms with Gasteiger partial charge in [0.15, 0.2) is 11.6 Å². The summed E-state index contributed by atoms with van der Waals surface area (Å²) in [5, 5.41) is 0. The number of rotatable bonds is 2. The minimum atomic E-state index is -0.159. The molecule has 1 rings (SSSR count). The van der Waals surface area contributed by atoms with Crippen LogP contribution in [-0.2, 0) is 9.59 Å². The Balaban J connectivity index is 3.21. The fourth-order valence-electron chi connectivity index (χ4n) is 1.75. The van der Waals surface area contributed by atoms with Crippen molar-refractivity contribution in [1.29, 1.82) is 0 Å². The van der Waals surface area contributed by atoms with E-state index in [9.17, 15) is 9.59 Å². The smallest absolute Gasteiger partial charge is 0.167 e. The van der Waals surface area contributed by atoms with Gasteiger partial charge in [-0.15, -0.1) is 0 Å². The monoisotopic (exact) mass is 196 g/mol. The lowest BCUT2D eigenvalue weighted by Gasteiger charge is -2.20. The second-order valence-electron chi connectivity index (χ2n) is 3.65. The molecule has 78 valence electrons. The first-order valence-electron chi connectivity index (χ1n) is 4.63. The van der Waals surface area contributed by atoms with Gasteiger partial charge in [0.25, 0.3) is 0 Å². The SMILES string of the molecule is CC(=O)C(C(C)=O)=C1N(C)CCN1C. The number of hydrogen-bond acceptors (Lipinski definition) is 4. The van der Waals surface area contributed by atoms with Crippen molar-refractivity contribution in [3.63, 3.8) is 0 Å². The molecular weight excluding hydrogens is 180 g/mol. The summed E-state index contributed by atoms with van der Waals surface area (Å²) in [5.41, 5.74) is 0.313. The number of Topliss-reactive ketones (excluding diaryl/α,β-unsaturated/α-hetero) is 2. The van der Waals surface area contributed by atoms with Crippen LogP contribution in [0.2, 0.25) is 0 Å². The highest BCUT2D eigenvalue weighted by Crippen LogP contribution is 2.19. The van der Waals surface area contributed by atoms with Crippen LogP contribution in [-0.4, -0.2) is 48.6 Å². The van der Waals surface area contributed by atoms with Crippen molar-refractivity contribution >= 4 is 11.6 Å². The summed E-state index contributed by atoms with van der Waals surface area (Å²) in [6.07, 6.45) is 0. The third-order valence-corrected chi connectivity index (χ3v) is 2.42. The van der Waals surface area contributed by atoms with E-state index in [4.69, 9.17) is 0 Å². The molecule has 0 aliphatic carbocycles. The maximum Gasteiger partial charge on any atom is 0.167 e. The van der Waals surface area contributed by atoms with Crippen LogP contribution in [0.25, 0.3) is 0 Å². The standard InChI is InChI=1S/C10H16N2O2/c1-7(13)9(8(2)14)10-11(3)5-6-12(10)4/h5-6H2,1-4H3. The highest BCUT2D eigenvalue weighted by atomic mass is 16.1. The van der Waals surface area contributed by atoms with Gasteiger partial charge in [0.05, 0.1) is 0 Å². The molecule has 1 fully saturated rings. The minimum Gasteiger partial charge on any atom is -0.359 e. The zero-order chi connectivity index (χ0) is 10.9. The number of carbonyl (C=O) groups is 2. The normalized spacial score (nSPS) is 16.1. The second kappa shape index (κ2) is 3.82. The molecule has 0 atom stereocenters. The summed E-state index contributed by atoms with van der Waals surface area (Å²) in [6, 6.07) is 0. The van der Waals surface area contributed by atoms with E-state index in [0.29, 0.717) is 5.57 Å². The van der Waals surface area contributed by atoms with E-state index in [0.717, 1.165) is 18.9 Å². The number of likely N-dealkylation sites (N-methyl/N-ethyl adjacent to an activating group) is 2. The number of nitrogens with zero attached hydrogens (tertiary/aromatic N) is 2. The Bertz CT molecular complexity index is 279. The molecule has 1 saturated heterocycles. The summed E-state index contributed by atoms with van der Waals surface area (Å²) < 4.78 is 0. The maximum atomic E-state index is 11.3. The minimum absolute atomic E-state index is 0.159. The van der Waals surface area contributed by atoms with Crippen LogP contribution in [0.5, 0.6) is 0 Å². The molecule has 14 heavy (non-hydrogen) atoms. The van der Waals surface area contributed by atoms with E-state index in [1.807, 2.05) is 23.9 Å².